The SMILES string of the molecule is CC(C)C(C)C(OS(=O)(=O)c1ccccc1)C(F)(F)C(=O)O. The van der Waals surface area contributed by atoms with Crippen molar-refractivity contribution in [3.8, 4) is 0 Å². The molecule has 8 heteroatoms. The van der Waals surface area contributed by atoms with Crippen LogP contribution in [0.4, 0.5) is 8.78 Å². The van der Waals surface area contributed by atoms with Crippen molar-refractivity contribution in [3.05, 3.63) is 30.3 Å². The van der Waals surface area contributed by atoms with E-state index < -0.39 is 39.9 Å². The fraction of sp³-hybridized carbons (Fsp3) is 0.500. The molecule has 22 heavy (non-hydrogen) atoms. The summed E-state index contributed by atoms with van der Waals surface area (Å²) in [6, 6.07) is 6.74. The van der Waals surface area contributed by atoms with Gasteiger partial charge in [0.25, 0.3) is 10.1 Å². The minimum atomic E-state index is -4.50. The molecule has 0 amide bonds. The van der Waals surface area contributed by atoms with Crippen molar-refractivity contribution in [2.75, 3.05) is 0 Å². The van der Waals surface area contributed by atoms with E-state index >= 15 is 0 Å². The lowest BCUT2D eigenvalue weighted by Crippen LogP contribution is -2.48. The van der Waals surface area contributed by atoms with Gasteiger partial charge >= 0.3 is 11.9 Å². The first-order valence-electron chi connectivity index (χ1n) is 6.59. The smallest absolute Gasteiger partial charge is 0.377 e. The number of hydrogen-bond donors (Lipinski definition) is 1. The second kappa shape index (κ2) is 6.70. The summed E-state index contributed by atoms with van der Waals surface area (Å²) >= 11 is 0. The third kappa shape index (κ3) is 4.01. The lowest BCUT2D eigenvalue weighted by atomic mass is 9.89. The number of carboxylic acids is 1. The Hall–Kier alpha value is -1.54. The van der Waals surface area contributed by atoms with Crippen molar-refractivity contribution in [1.82, 2.24) is 0 Å². The van der Waals surface area contributed by atoms with Gasteiger partial charge in [-0.3, -0.25) is 4.18 Å². The molecule has 2 atom stereocenters. The van der Waals surface area contributed by atoms with Crippen molar-refractivity contribution in [2.45, 2.75) is 37.7 Å². The van der Waals surface area contributed by atoms with E-state index in [2.05, 4.69) is 4.18 Å². The highest BCUT2D eigenvalue weighted by molar-refractivity contribution is 7.86. The number of carbonyl (C=O) groups is 1. The van der Waals surface area contributed by atoms with E-state index in [1.165, 1.54) is 31.2 Å². The van der Waals surface area contributed by atoms with Gasteiger partial charge in [0.05, 0.1) is 4.90 Å². The van der Waals surface area contributed by atoms with Crippen LogP contribution in [-0.2, 0) is 19.1 Å². The van der Waals surface area contributed by atoms with Gasteiger partial charge in [0.15, 0.2) is 6.10 Å². The standard InChI is InChI=1S/C14H18F2O5S/c1-9(2)10(3)12(14(15,16)13(17)18)21-22(19,20)11-7-5-4-6-8-11/h4-10,12H,1-3H3,(H,17,18). The molecule has 0 radical (unpaired) electrons. The van der Waals surface area contributed by atoms with Gasteiger partial charge in [-0.25, -0.2) is 4.79 Å². The van der Waals surface area contributed by atoms with E-state index in [0.29, 0.717) is 0 Å². The summed E-state index contributed by atoms with van der Waals surface area (Å²) in [4.78, 5) is 10.5. The van der Waals surface area contributed by atoms with Crippen LogP contribution >= 0.6 is 0 Å². The average Bonchev–Trinajstić information content (AvgIpc) is 2.44. The van der Waals surface area contributed by atoms with Crippen LogP contribution in [0, 0.1) is 11.8 Å². The molecule has 124 valence electrons. The molecule has 0 saturated carbocycles. The second-order valence-corrected chi connectivity index (χ2v) is 6.89. The van der Waals surface area contributed by atoms with Crippen molar-refractivity contribution in [2.24, 2.45) is 11.8 Å². The Morgan fingerprint density at radius 2 is 1.68 bits per heavy atom. The van der Waals surface area contributed by atoms with Crippen LogP contribution in [0.2, 0.25) is 0 Å². The highest BCUT2D eigenvalue weighted by Gasteiger charge is 2.53. The normalized spacial score (nSPS) is 15.5. The molecule has 1 aromatic rings. The lowest BCUT2D eigenvalue weighted by molar-refractivity contribution is -0.184. The summed E-state index contributed by atoms with van der Waals surface area (Å²) in [5.41, 5.74) is 0. The van der Waals surface area contributed by atoms with E-state index in [9.17, 15) is 22.0 Å². The van der Waals surface area contributed by atoms with Crippen LogP contribution in [-0.4, -0.2) is 31.5 Å². The largest absolute Gasteiger partial charge is 0.477 e. The van der Waals surface area contributed by atoms with Crippen LogP contribution in [0.1, 0.15) is 20.8 Å². The number of aliphatic carboxylic acids is 1. The van der Waals surface area contributed by atoms with Crippen LogP contribution in [0.15, 0.2) is 35.2 Å². The lowest BCUT2D eigenvalue weighted by Gasteiger charge is -2.30. The highest BCUT2D eigenvalue weighted by Crippen LogP contribution is 2.33. The van der Waals surface area contributed by atoms with Crippen LogP contribution < -0.4 is 0 Å². The van der Waals surface area contributed by atoms with Gasteiger partial charge < -0.3 is 5.11 Å². The first-order chi connectivity index (χ1) is 10.00. The fourth-order valence-electron chi connectivity index (χ4n) is 1.73. The van der Waals surface area contributed by atoms with Crippen LogP contribution in [0.25, 0.3) is 0 Å². The molecule has 0 fully saturated rings. The van der Waals surface area contributed by atoms with E-state index in [1.54, 1.807) is 19.9 Å². The topological polar surface area (TPSA) is 80.7 Å². The van der Waals surface area contributed by atoms with E-state index in [0.717, 1.165) is 0 Å². The number of benzene rings is 1. The summed E-state index contributed by atoms with van der Waals surface area (Å²) in [5.74, 6) is -8.15. The molecule has 2 unspecified atom stereocenters. The quantitative estimate of drug-likeness (QED) is 0.775. The number of halogens is 2. The van der Waals surface area contributed by atoms with Gasteiger partial charge in [-0.15, -0.1) is 0 Å². The first-order valence-corrected chi connectivity index (χ1v) is 8.00. The maximum atomic E-state index is 13.9. The third-order valence-corrected chi connectivity index (χ3v) is 4.74. The molecule has 0 heterocycles. The number of carboxylic acid groups (broad SMARTS) is 1. The molecule has 0 aromatic heterocycles. The zero-order chi connectivity index (χ0) is 17.1. The number of hydrogen-bond acceptors (Lipinski definition) is 4. The Morgan fingerprint density at radius 1 is 1.18 bits per heavy atom. The van der Waals surface area contributed by atoms with Crippen molar-refractivity contribution >= 4 is 16.1 Å². The monoisotopic (exact) mass is 336 g/mol. The molecule has 0 aliphatic heterocycles. The molecule has 5 nitrogen and oxygen atoms in total. The molecular formula is C14H18F2O5S. The average molecular weight is 336 g/mol. The number of alkyl halides is 2. The Morgan fingerprint density at radius 3 is 2.09 bits per heavy atom. The zero-order valence-corrected chi connectivity index (χ0v) is 13.2. The molecule has 1 aromatic carbocycles. The highest BCUT2D eigenvalue weighted by atomic mass is 32.2. The van der Waals surface area contributed by atoms with Crippen molar-refractivity contribution < 1.29 is 31.3 Å². The Bertz CT molecular complexity index is 613. The van der Waals surface area contributed by atoms with Crippen LogP contribution in [0.3, 0.4) is 0 Å². The Labute approximate surface area is 128 Å². The molecule has 1 rings (SSSR count). The second-order valence-electron chi connectivity index (χ2n) is 5.32. The van der Waals surface area contributed by atoms with Crippen molar-refractivity contribution in [1.29, 1.82) is 0 Å². The first kappa shape index (κ1) is 18.5. The molecule has 1 N–H and O–H groups in total. The van der Waals surface area contributed by atoms with Crippen molar-refractivity contribution in [3.63, 3.8) is 0 Å². The Kier molecular flexibility index (Phi) is 5.64. The molecule has 0 aliphatic rings. The van der Waals surface area contributed by atoms with E-state index in [-0.39, 0.29) is 4.90 Å². The van der Waals surface area contributed by atoms with Crippen LogP contribution in [0.5, 0.6) is 0 Å². The Balaban J connectivity index is 3.22. The van der Waals surface area contributed by atoms with Gasteiger partial charge in [-0.1, -0.05) is 39.0 Å². The van der Waals surface area contributed by atoms with Gasteiger partial charge in [-0.2, -0.15) is 17.2 Å². The zero-order valence-electron chi connectivity index (χ0n) is 12.4. The predicted molar refractivity (Wildman–Crippen MR) is 75.1 cm³/mol. The fourth-order valence-corrected chi connectivity index (χ4v) is 2.90. The summed E-state index contributed by atoms with van der Waals surface area (Å²) in [7, 11) is -4.50. The molecule has 0 spiro atoms. The summed E-state index contributed by atoms with van der Waals surface area (Å²) in [6.07, 6.45) is -2.30. The summed E-state index contributed by atoms with van der Waals surface area (Å²) < 4.78 is 56.6. The molecule has 0 bridgehead atoms. The van der Waals surface area contributed by atoms with E-state index in [4.69, 9.17) is 5.11 Å². The maximum Gasteiger partial charge on any atom is 0.377 e. The summed E-state index contributed by atoms with van der Waals surface area (Å²) in [5, 5.41) is 8.68. The third-order valence-electron chi connectivity index (χ3n) is 3.43. The van der Waals surface area contributed by atoms with Gasteiger partial charge in [-0.05, 0) is 24.0 Å². The van der Waals surface area contributed by atoms with Gasteiger partial charge in [0, 0.05) is 0 Å². The van der Waals surface area contributed by atoms with E-state index in [1.807, 2.05) is 0 Å². The number of rotatable bonds is 7. The minimum Gasteiger partial charge on any atom is -0.477 e. The van der Waals surface area contributed by atoms with Gasteiger partial charge in [0.1, 0.15) is 0 Å². The molecule has 0 aliphatic carbocycles. The summed E-state index contributed by atoms with van der Waals surface area (Å²) in [6.45, 7) is 4.48. The maximum absolute atomic E-state index is 13.9. The van der Waals surface area contributed by atoms with Gasteiger partial charge in [0.2, 0.25) is 0 Å². The minimum absolute atomic E-state index is 0.308. The molecule has 0 saturated heterocycles. The predicted octanol–water partition coefficient (Wildman–Crippen LogP) is 2.77. The molecular weight excluding hydrogens is 318 g/mol.